The average molecular weight is 1920 g/mol. The summed E-state index contributed by atoms with van der Waals surface area (Å²) in [5, 5.41) is 2.94. The first-order valence-corrected chi connectivity index (χ1v) is 46.4. The number of rotatable bonds is 42. The standard InChI is InChI=1S/C70H86N8O27S7.6K/c1-71-58-22-20-52(74(30-7-37-107(85,86)87)31-8-38-108(88,89)90)43-54(58)56-45-62-64(47-60(56)71)103-68(76(62)34-11-41-111(97,98)99)26-16-50(49-14-18-51(19-15-49)73(29-6-36-106(82,83)84)28-5-3-4-13-70(81)105-78-66(79)24-25-67(78)80)17-27-69-77(35-12-42-112(100,101)102)63-46-57-55-44-53(21-23-59(55)72(2)61(57)48-65(63)104-69)75(32-9-39-109(91,92)93)33-10-40-110(94,95)96;;;;;;/h14-23,26-27,43-48H,3-13,24-25,28-42H2,1-2H3,(H6-,82,83,84,85,86,87,88,89,90,91,92,93,94,95,96,97,98,99,100,101,102);;;;;;/q;6*+1/p-6. The van der Waals surface area contributed by atoms with E-state index in [1.807, 2.05) is 14.0 Å². The molecular formula is C70H80K6N8O27S7. The number of hydrogen-bond acceptors (Lipinski definition) is 31. The maximum Gasteiger partial charge on any atom is 1.00 e. The zero-order chi connectivity index (χ0) is 81.5. The number of benzene rings is 5. The third-order valence-corrected chi connectivity index (χ3v) is 24.5. The van der Waals surface area contributed by atoms with Crippen LogP contribution < -0.4 is 337 Å². The number of nitrogens with zero attached hydrogens (tertiary/aromatic N) is 8. The van der Waals surface area contributed by atoms with E-state index in [2.05, 4.69) is 0 Å². The van der Waals surface area contributed by atoms with Crippen LogP contribution in [-0.4, -0.2) is 209 Å². The Balaban J connectivity index is 0.00000488. The second-order valence-corrected chi connectivity index (χ2v) is 37.8. The molecule has 5 heterocycles. The number of carbonyl (C=O) groups excluding carboxylic acids is 3. The number of unbranched alkanes of at least 4 members (excludes halogenated alkanes) is 2. The molecule has 1 fully saturated rings. The minimum absolute atomic E-state index is 0. The van der Waals surface area contributed by atoms with Gasteiger partial charge in [-0.2, -0.15) is 4.57 Å². The van der Waals surface area contributed by atoms with E-state index in [9.17, 15) is 105 Å². The molecule has 2 aliphatic rings. The molecule has 3 aromatic heterocycles. The summed E-state index contributed by atoms with van der Waals surface area (Å²) in [6.45, 7) is 0.0817. The van der Waals surface area contributed by atoms with Crippen molar-refractivity contribution >= 4 is 178 Å². The molecule has 0 unspecified atom stereocenters. The van der Waals surface area contributed by atoms with E-state index in [0.29, 0.717) is 101 Å². The molecule has 118 heavy (non-hydrogen) atoms. The predicted octanol–water partition coefficient (Wildman–Crippen LogP) is -13.0. The van der Waals surface area contributed by atoms with Crippen molar-refractivity contribution in [3.8, 4) is 5.75 Å². The van der Waals surface area contributed by atoms with Gasteiger partial charge >= 0.3 is 320 Å². The first-order chi connectivity index (χ1) is 52.4. The molecule has 48 heteroatoms. The Bertz CT molecular complexity index is 5800. The second kappa shape index (κ2) is 48.9. The molecular weight excluding hydrogens is 1840 g/mol. The van der Waals surface area contributed by atoms with Crippen LogP contribution in [0.2, 0.25) is 0 Å². The summed E-state index contributed by atoms with van der Waals surface area (Å²) >= 11 is 0. The number of aromatic nitrogens is 3. The van der Waals surface area contributed by atoms with Gasteiger partial charge in [0.15, 0.2) is 12.3 Å². The number of anilines is 4. The van der Waals surface area contributed by atoms with Crippen molar-refractivity contribution in [1.29, 1.82) is 0 Å². The summed E-state index contributed by atoms with van der Waals surface area (Å²) in [7, 11) is -29.2. The zero-order valence-electron chi connectivity index (χ0n) is 66.6. The summed E-state index contributed by atoms with van der Waals surface area (Å²) in [5.41, 5.74) is 6.12. The minimum Gasteiger partial charge on any atom is -0.748 e. The molecule has 0 radical (unpaired) electrons. The SMILES string of the molecule is Cn1c2ccc(N(CCCS(=O)(=O)[O-])CCCS(=O)(=O)[O-])cc2c2cc3c(cc21)O\C(=C/C=C(\C=C\c1oc2cc4c(cc2[n+]1CCCS(=O)(=O)[O-])c1cc(N(CCCS(=O)(=O)[O-])CCCS(=O)(=O)[O-])ccc1n4C)c1ccc(N(CCCCCC(=O)ON2C(=O)CCC2=O)CCCS(=O)(=O)[O-])cc1)N3CCCS(=O)(=O)[O-].[K+].[K+].[K+].[K+].[K+].[K+]. The molecule has 0 aliphatic carbocycles. The van der Waals surface area contributed by atoms with Crippen molar-refractivity contribution in [2.75, 3.05) is 106 Å². The van der Waals surface area contributed by atoms with Crippen LogP contribution in [0.1, 0.15) is 94.9 Å². The Morgan fingerprint density at radius 1 is 0.475 bits per heavy atom. The van der Waals surface area contributed by atoms with Crippen LogP contribution in [0.4, 0.5) is 22.7 Å². The van der Waals surface area contributed by atoms with Gasteiger partial charge < -0.3 is 74.6 Å². The van der Waals surface area contributed by atoms with E-state index in [4.69, 9.17) is 14.0 Å². The Labute approximate surface area is 941 Å². The van der Waals surface area contributed by atoms with Crippen LogP contribution in [0.25, 0.3) is 66.4 Å². The zero-order valence-corrected chi connectivity index (χ0v) is 91.1. The van der Waals surface area contributed by atoms with Crippen molar-refractivity contribution in [2.24, 2.45) is 14.1 Å². The number of amides is 2. The van der Waals surface area contributed by atoms with E-state index >= 15 is 0 Å². The van der Waals surface area contributed by atoms with Gasteiger partial charge in [-0.3, -0.25) is 9.59 Å². The Morgan fingerprint density at radius 2 is 0.881 bits per heavy atom. The van der Waals surface area contributed by atoms with Crippen LogP contribution in [0.15, 0.2) is 113 Å². The fourth-order valence-electron chi connectivity index (χ4n) is 13.7. The van der Waals surface area contributed by atoms with E-state index in [-0.39, 0.29) is 454 Å². The maximum atomic E-state index is 12.6. The van der Waals surface area contributed by atoms with E-state index < -0.39 is 129 Å². The van der Waals surface area contributed by atoms with Gasteiger partial charge in [0.05, 0.1) is 93.6 Å². The number of ether oxygens (including phenoxy) is 1. The summed E-state index contributed by atoms with van der Waals surface area (Å²) in [6.07, 6.45) is 6.26. The molecule has 2 aliphatic heterocycles. The molecule has 0 bridgehead atoms. The van der Waals surface area contributed by atoms with Gasteiger partial charge in [-0.05, 0) is 135 Å². The number of hydrogen-bond donors (Lipinski definition) is 0. The van der Waals surface area contributed by atoms with Crippen molar-refractivity contribution in [3.63, 3.8) is 0 Å². The Kier molecular flexibility index (Phi) is 46.2. The molecule has 2 amide bonds. The van der Waals surface area contributed by atoms with Crippen molar-refractivity contribution in [3.05, 3.63) is 120 Å². The second-order valence-electron chi connectivity index (χ2n) is 27.2. The number of hydroxylamine groups is 2. The molecule has 1 saturated heterocycles. The average Bonchev–Trinajstić information content (AvgIpc) is 1.59. The minimum atomic E-state index is -4.77. The van der Waals surface area contributed by atoms with Gasteiger partial charge in [-0.25, -0.2) is 63.7 Å². The fraction of sp³-hybridized carbons (Fsp3) is 0.429. The number of fused-ring (bicyclic) bond motifs is 8. The van der Waals surface area contributed by atoms with Gasteiger partial charge in [0.1, 0.15) is 0 Å². The summed E-state index contributed by atoms with van der Waals surface area (Å²) in [4.78, 5) is 48.5. The van der Waals surface area contributed by atoms with Gasteiger partial charge in [-0.15, -0.1) is 5.06 Å². The Hall–Kier alpha value is 1.19. The van der Waals surface area contributed by atoms with Gasteiger partial charge in [0, 0.05) is 194 Å². The molecule has 10 rings (SSSR count). The Morgan fingerprint density at radius 3 is 1.35 bits per heavy atom. The van der Waals surface area contributed by atoms with E-state index in [1.54, 1.807) is 143 Å². The topological polar surface area (TPSA) is 513 Å². The van der Waals surface area contributed by atoms with Crippen molar-refractivity contribution in [2.45, 2.75) is 90.0 Å². The van der Waals surface area contributed by atoms with Gasteiger partial charge in [0.25, 0.3) is 17.3 Å². The van der Waals surface area contributed by atoms with Gasteiger partial charge in [-0.1, -0.05) is 18.6 Å². The van der Waals surface area contributed by atoms with Crippen molar-refractivity contribution in [1.82, 2.24) is 14.2 Å². The van der Waals surface area contributed by atoms with Crippen LogP contribution in [0, 0.1) is 0 Å². The van der Waals surface area contributed by atoms with Gasteiger partial charge in [0.2, 0.25) is 11.5 Å². The molecule has 0 saturated carbocycles. The van der Waals surface area contributed by atoms with Crippen LogP contribution in [0.3, 0.4) is 0 Å². The molecule has 0 atom stereocenters. The van der Waals surface area contributed by atoms with Crippen LogP contribution >= 0.6 is 0 Å². The van der Waals surface area contributed by atoms with E-state index in [1.165, 1.54) is 0 Å². The summed E-state index contributed by atoms with van der Waals surface area (Å²) in [6, 6.07) is 24.4. The molecule has 610 valence electrons. The summed E-state index contributed by atoms with van der Waals surface area (Å²) < 4.78 is 267. The summed E-state index contributed by atoms with van der Waals surface area (Å²) in [5.74, 6) is -6.68. The number of carbonyl (C=O) groups is 3. The fourth-order valence-corrected chi connectivity index (χ4v) is 17.1. The first-order valence-electron chi connectivity index (χ1n) is 35.4. The van der Waals surface area contributed by atoms with Crippen LogP contribution in [0.5, 0.6) is 5.75 Å². The third-order valence-electron chi connectivity index (χ3n) is 19.0. The van der Waals surface area contributed by atoms with Crippen LogP contribution in [-0.2, 0) is 111 Å². The number of oxazole rings is 1. The number of allylic oxidation sites excluding steroid dienone is 4. The van der Waals surface area contributed by atoms with Crippen molar-refractivity contribution < 1.29 is 432 Å². The predicted molar refractivity (Wildman–Crippen MR) is 407 cm³/mol. The monoisotopic (exact) mass is 1920 g/mol. The molecule has 0 spiro atoms. The normalized spacial score (nSPS) is 14.0. The smallest absolute Gasteiger partial charge is 0.748 e. The molecule has 0 N–H and O–H groups in total. The first kappa shape index (κ1) is 112. The molecule has 8 aromatic rings. The molecule has 35 nitrogen and oxygen atoms in total. The third kappa shape index (κ3) is 33.5. The van der Waals surface area contributed by atoms with E-state index in [0.717, 1.165) is 0 Å². The largest absolute Gasteiger partial charge is 1.00 e. The number of aryl methyl sites for hydroxylation is 3. The molecule has 5 aromatic carbocycles. The quantitative estimate of drug-likeness (QED) is 0.00856. The number of imide groups is 1. The maximum absolute atomic E-state index is 12.6.